The number of hydrogen-bond acceptors (Lipinski definition) is 1. The summed E-state index contributed by atoms with van der Waals surface area (Å²) in [6.07, 6.45) is 2.08. The second kappa shape index (κ2) is 7.63. The third kappa shape index (κ3) is 4.59. The van der Waals surface area contributed by atoms with Crippen molar-refractivity contribution in [3.63, 3.8) is 0 Å². The van der Waals surface area contributed by atoms with Crippen LogP contribution in [-0.4, -0.2) is 6.54 Å². The molecule has 0 fully saturated rings. The van der Waals surface area contributed by atoms with Gasteiger partial charge in [0.1, 0.15) is 0 Å². The summed E-state index contributed by atoms with van der Waals surface area (Å²) in [7, 11) is 0. The van der Waals surface area contributed by atoms with E-state index in [1.165, 1.54) is 22.3 Å². The second-order valence-corrected chi connectivity index (χ2v) is 6.13. The minimum Gasteiger partial charge on any atom is -0.310 e. The Balaban J connectivity index is 2.25. The molecule has 0 saturated heterocycles. The van der Waals surface area contributed by atoms with E-state index in [1.807, 2.05) is 6.07 Å². The summed E-state index contributed by atoms with van der Waals surface area (Å²) in [5.74, 6) is 0. The van der Waals surface area contributed by atoms with Crippen molar-refractivity contribution in [3.8, 4) is 0 Å². The van der Waals surface area contributed by atoms with Crippen molar-refractivity contribution >= 4 is 11.6 Å². The lowest BCUT2D eigenvalue weighted by atomic mass is 9.97. The number of halogens is 1. The molecule has 1 nitrogen and oxygen atoms in total. The Hall–Kier alpha value is -1.31. The van der Waals surface area contributed by atoms with Gasteiger partial charge in [0.2, 0.25) is 0 Å². The van der Waals surface area contributed by atoms with Crippen LogP contribution in [0.5, 0.6) is 0 Å². The molecule has 2 aromatic carbocycles. The van der Waals surface area contributed by atoms with Crippen molar-refractivity contribution in [2.24, 2.45) is 0 Å². The first-order valence-corrected chi connectivity index (χ1v) is 8.03. The fourth-order valence-corrected chi connectivity index (χ4v) is 2.97. The summed E-state index contributed by atoms with van der Waals surface area (Å²) in [5.41, 5.74) is 5.04. The van der Waals surface area contributed by atoms with E-state index in [2.05, 4.69) is 62.5 Å². The van der Waals surface area contributed by atoms with Crippen LogP contribution in [0.3, 0.4) is 0 Å². The van der Waals surface area contributed by atoms with Crippen LogP contribution in [0.15, 0.2) is 42.5 Å². The van der Waals surface area contributed by atoms with Gasteiger partial charge in [0.25, 0.3) is 0 Å². The Morgan fingerprint density at radius 1 is 1.05 bits per heavy atom. The summed E-state index contributed by atoms with van der Waals surface area (Å²) in [5, 5.41) is 4.49. The minimum atomic E-state index is 0.264. The molecule has 0 aliphatic heterocycles. The zero-order chi connectivity index (χ0) is 15.2. The molecule has 0 amide bonds. The predicted octanol–water partition coefficient (Wildman–Crippen LogP) is 5.24. The van der Waals surface area contributed by atoms with Gasteiger partial charge in [0, 0.05) is 11.1 Å². The molecule has 0 saturated carbocycles. The first-order chi connectivity index (χ1) is 10.1. The van der Waals surface area contributed by atoms with Crippen molar-refractivity contribution in [2.75, 3.05) is 6.54 Å². The highest BCUT2D eigenvalue weighted by Crippen LogP contribution is 2.27. The zero-order valence-electron chi connectivity index (χ0n) is 13.1. The number of rotatable bonds is 6. The molecule has 112 valence electrons. The molecule has 21 heavy (non-hydrogen) atoms. The summed E-state index contributed by atoms with van der Waals surface area (Å²) >= 11 is 6.46. The Bertz CT molecular complexity index is 592. The summed E-state index contributed by atoms with van der Waals surface area (Å²) in [6, 6.07) is 15.3. The van der Waals surface area contributed by atoms with Gasteiger partial charge in [-0.15, -0.1) is 0 Å². The smallest absolute Gasteiger partial charge is 0.0456 e. The van der Waals surface area contributed by atoms with Gasteiger partial charge < -0.3 is 5.32 Å². The molecule has 2 rings (SSSR count). The average molecular weight is 302 g/mol. The molecule has 0 spiro atoms. The van der Waals surface area contributed by atoms with Gasteiger partial charge in [-0.1, -0.05) is 60.5 Å². The summed E-state index contributed by atoms with van der Waals surface area (Å²) < 4.78 is 0. The van der Waals surface area contributed by atoms with Gasteiger partial charge >= 0.3 is 0 Å². The number of hydrogen-bond donors (Lipinski definition) is 1. The van der Waals surface area contributed by atoms with Crippen molar-refractivity contribution in [1.82, 2.24) is 5.32 Å². The van der Waals surface area contributed by atoms with E-state index in [1.54, 1.807) is 0 Å². The van der Waals surface area contributed by atoms with E-state index in [0.29, 0.717) is 0 Å². The van der Waals surface area contributed by atoms with Gasteiger partial charge in [-0.05, 0) is 56.0 Å². The second-order valence-electron chi connectivity index (χ2n) is 5.72. The third-order valence-electron chi connectivity index (χ3n) is 3.69. The van der Waals surface area contributed by atoms with E-state index in [0.717, 1.165) is 24.4 Å². The van der Waals surface area contributed by atoms with Crippen LogP contribution in [0.4, 0.5) is 0 Å². The van der Waals surface area contributed by atoms with Gasteiger partial charge in [0.15, 0.2) is 0 Å². The predicted molar refractivity (Wildman–Crippen MR) is 92.1 cm³/mol. The lowest BCUT2D eigenvalue weighted by molar-refractivity contribution is 0.529. The molecule has 0 aromatic heterocycles. The molecule has 1 unspecified atom stereocenters. The molecule has 1 atom stereocenters. The van der Waals surface area contributed by atoms with Crippen LogP contribution >= 0.6 is 11.6 Å². The van der Waals surface area contributed by atoms with Crippen LogP contribution in [0.2, 0.25) is 5.02 Å². The Morgan fingerprint density at radius 2 is 1.81 bits per heavy atom. The SMILES string of the molecule is CCCNC(Cc1cccc(C)c1)c1ccc(C)cc1Cl. The summed E-state index contributed by atoms with van der Waals surface area (Å²) in [4.78, 5) is 0. The number of benzene rings is 2. The van der Waals surface area contributed by atoms with Gasteiger partial charge in [-0.25, -0.2) is 0 Å². The van der Waals surface area contributed by atoms with Gasteiger partial charge in [0.05, 0.1) is 0 Å². The largest absolute Gasteiger partial charge is 0.310 e. The fourth-order valence-electron chi connectivity index (χ4n) is 2.60. The van der Waals surface area contributed by atoms with Crippen LogP contribution < -0.4 is 5.32 Å². The van der Waals surface area contributed by atoms with Gasteiger partial charge in [-0.2, -0.15) is 0 Å². The van der Waals surface area contributed by atoms with Crippen LogP contribution in [-0.2, 0) is 6.42 Å². The van der Waals surface area contributed by atoms with Crippen molar-refractivity contribution < 1.29 is 0 Å². The first kappa shape index (κ1) is 16.1. The Morgan fingerprint density at radius 3 is 2.48 bits per heavy atom. The maximum Gasteiger partial charge on any atom is 0.0456 e. The minimum absolute atomic E-state index is 0.264. The lowest BCUT2D eigenvalue weighted by Crippen LogP contribution is -2.24. The van der Waals surface area contributed by atoms with Crippen molar-refractivity contribution in [2.45, 2.75) is 39.7 Å². The van der Waals surface area contributed by atoms with E-state index in [-0.39, 0.29) is 6.04 Å². The zero-order valence-corrected chi connectivity index (χ0v) is 13.9. The fraction of sp³-hybridized carbons (Fsp3) is 0.368. The van der Waals surface area contributed by atoms with Crippen LogP contribution in [0.25, 0.3) is 0 Å². The number of aryl methyl sites for hydroxylation is 2. The lowest BCUT2D eigenvalue weighted by Gasteiger charge is -2.21. The maximum atomic E-state index is 6.46. The highest BCUT2D eigenvalue weighted by atomic mass is 35.5. The molecule has 0 aliphatic rings. The van der Waals surface area contributed by atoms with E-state index in [9.17, 15) is 0 Å². The standard InChI is InChI=1S/C19H24ClN/c1-4-10-21-19(13-16-7-5-6-14(2)11-16)17-9-8-15(3)12-18(17)20/h5-9,11-12,19,21H,4,10,13H2,1-3H3. The Kier molecular flexibility index (Phi) is 5.84. The Labute approximate surface area is 133 Å². The summed E-state index contributed by atoms with van der Waals surface area (Å²) in [6.45, 7) is 7.40. The molecule has 0 heterocycles. The normalized spacial score (nSPS) is 12.4. The molecule has 1 N–H and O–H groups in total. The highest BCUT2D eigenvalue weighted by Gasteiger charge is 2.15. The molecular formula is C19H24ClN. The highest BCUT2D eigenvalue weighted by molar-refractivity contribution is 6.31. The van der Waals surface area contributed by atoms with Crippen molar-refractivity contribution in [1.29, 1.82) is 0 Å². The van der Waals surface area contributed by atoms with Gasteiger partial charge in [-0.3, -0.25) is 0 Å². The average Bonchev–Trinajstić information content (AvgIpc) is 2.44. The molecule has 0 radical (unpaired) electrons. The number of nitrogens with one attached hydrogen (secondary N) is 1. The van der Waals surface area contributed by atoms with Crippen molar-refractivity contribution in [3.05, 3.63) is 69.7 Å². The van der Waals surface area contributed by atoms with E-state index >= 15 is 0 Å². The molecule has 0 aliphatic carbocycles. The maximum absolute atomic E-state index is 6.46. The third-order valence-corrected chi connectivity index (χ3v) is 4.02. The molecular weight excluding hydrogens is 278 g/mol. The molecule has 2 aromatic rings. The van der Waals surface area contributed by atoms with E-state index < -0.39 is 0 Å². The van der Waals surface area contributed by atoms with E-state index in [4.69, 9.17) is 11.6 Å². The molecule has 0 bridgehead atoms. The first-order valence-electron chi connectivity index (χ1n) is 7.65. The monoisotopic (exact) mass is 301 g/mol. The molecule has 2 heteroatoms. The quantitative estimate of drug-likeness (QED) is 0.769. The van der Waals surface area contributed by atoms with Crippen LogP contribution in [0, 0.1) is 13.8 Å². The topological polar surface area (TPSA) is 12.0 Å². The van der Waals surface area contributed by atoms with Crippen LogP contribution in [0.1, 0.15) is 41.6 Å².